The zero-order chi connectivity index (χ0) is 11.6. The minimum absolute atomic E-state index is 0.0190. The number of piperidine rings is 1. The van der Waals surface area contributed by atoms with Crippen molar-refractivity contribution in [2.45, 2.75) is 37.3 Å². The highest BCUT2D eigenvalue weighted by Crippen LogP contribution is 2.36. The predicted molar refractivity (Wildman–Crippen MR) is 57.8 cm³/mol. The summed E-state index contributed by atoms with van der Waals surface area (Å²) in [5.41, 5.74) is -0.401. The van der Waals surface area contributed by atoms with Gasteiger partial charge in [0.2, 0.25) is 6.41 Å². The van der Waals surface area contributed by atoms with Crippen LogP contribution in [0.15, 0.2) is 0 Å². The molecule has 1 saturated carbocycles. The zero-order valence-corrected chi connectivity index (χ0v) is 9.57. The van der Waals surface area contributed by atoms with E-state index in [-0.39, 0.29) is 12.1 Å². The molecule has 1 aliphatic heterocycles. The Kier molecular flexibility index (Phi) is 3.14. The van der Waals surface area contributed by atoms with E-state index in [9.17, 15) is 9.59 Å². The molecule has 1 saturated heterocycles. The molecular formula is C11H18N2O3. The molecule has 0 aromatic carbocycles. The average Bonchev–Trinajstić information content (AvgIpc) is 3.11. The minimum atomic E-state index is -0.401. The molecule has 5 nitrogen and oxygen atoms in total. The van der Waals surface area contributed by atoms with Gasteiger partial charge in [-0.25, -0.2) is 0 Å². The molecule has 90 valence electrons. The van der Waals surface area contributed by atoms with Crippen LogP contribution in [0.4, 0.5) is 0 Å². The fourth-order valence-corrected chi connectivity index (χ4v) is 2.04. The predicted octanol–water partition coefficient (Wildman–Crippen LogP) is -0.0976. The Bertz CT molecular complexity index is 281. The molecule has 0 aromatic rings. The number of amides is 1. The van der Waals surface area contributed by atoms with Gasteiger partial charge in [-0.3, -0.25) is 9.59 Å². The molecule has 1 amide bonds. The van der Waals surface area contributed by atoms with E-state index in [1.165, 1.54) is 0 Å². The van der Waals surface area contributed by atoms with Crippen molar-refractivity contribution < 1.29 is 14.3 Å². The van der Waals surface area contributed by atoms with Gasteiger partial charge in [0.1, 0.15) is 11.6 Å². The molecule has 0 unspecified atom stereocenters. The fraction of sp³-hybridized carbons (Fsp3) is 0.818. The van der Waals surface area contributed by atoms with Gasteiger partial charge in [0.15, 0.2) is 0 Å². The second kappa shape index (κ2) is 4.41. The van der Waals surface area contributed by atoms with E-state index < -0.39 is 5.54 Å². The Morgan fingerprint density at radius 2 is 2.06 bits per heavy atom. The Labute approximate surface area is 95.1 Å². The first kappa shape index (κ1) is 11.4. The average molecular weight is 226 g/mol. The van der Waals surface area contributed by atoms with Gasteiger partial charge in [-0.1, -0.05) is 0 Å². The highest BCUT2D eigenvalue weighted by atomic mass is 16.5. The van der Waals surface area contributed by atoms with E-state index >= 15 is 0 Å². The van der Waals surface area contributed by atoms with E-state index in [0.29, 0.717) is 13.1 Å². The molecule has 2 aliphatic rings. The maximum atomic E-state index is 11.8. The number of likely N-dealkylation sites (N-methyl/N-ethyl adjacent to an activating group) is 1. The van der Waals surface area contributed by atoms with Crippen molar-refractivity contribution in [1.82, 2.24) is 10.2 Å². The second-order valence-electron chi connectivity index (χ2n) is 4.58. The first-order valence-corrected chi connectivity index (χ1v) is 5.79. The van der Waals surface area contributed by atoms with Crippen LogP contribution in [0.25, 0.3) is 0 Å². The molecule has 0 spiro atoms. The minimum Gasteiger partial charge on any atom is -0.461 e. The van der Waals surface area contributed by atoms with Crippen LogP contribution < -0.4 is 5.32 Å². The number of nitrogens with zero attached hydrogens (tertiary/aromatic N) is 1. The van der Waals surface area contributed by atoms with Crippen LogP contribution in [0.1, 0.15) is 25.7 Å². The number of likely N-dealkylation sites (tertiary alicyclic amines) is 1. The number of carbonyl (C=O) groups excluding carboxylic acids is 2. The van der Waals surface area contributed by atoms with E-state index in [0.717, 1.165) is 32.1 Å². The van der Waals surface area contributed by atoms with Gasteiger partial charge in [0.05, 0.1) is 0 Å². The van der Waals surface area contributed by atoms with Gasteiger partial charge in [-0.05, 0) is 19.9 Å². The molecule has 0 aromatic heterocycles. The highest BCUT2D eigenvalue weighted by molar-refractivity contribution is 5.84. The Morgan fingerprint density at radius 3 is 2.50 bits per heavy atom. The van der Waals surface area contributed by atoms with Crippen LogP contribution in [0, 0.1) is 0 Å². The smallest absolute Gasteiger partial charge is 0.326 e. The van der Waals surface area contributed by atoms with E-state index in [4.69, 9.17) is 4.74 Å². The van der Waals surface area contributed by atoms with Crippen molar-refractivity contribution in [3.8, 4) is 0 Å². The van der Waals surface area contributed by atoms with Crippen LogP contribution in [0.5, 0.6) is 0 Å². The third-order valence-corrected chi connectivity index (χ3v) is 3.52. The van der Waals surface area contributed by atoms with Gasteiger partial charge in [-0.15, -0.1) is 0 Å². The van der Waals surface area contributed by atoms with Crippen LogP contribution in [-0.4, -0.2) is 49.1 Å². The second-order valence-corrected chi connectivity index (χ2v) is 4.58. The molecule has 0 bridgehead atoms. The number of carbonyl (C=O) groups is 2. The number of esters is 1. The van der Waals surface area contributed by atoms with Crippen molar-refractivity contribution in [2.24, 2.45) is 0 Å². The number of nitrogens with one attached hydrogen (secondary N) is 1. The van der Waals surface area contributed by atoms with Crippen molar-refractivity contribution in [1.29, 1.82) is 0 Å². The van der Waals surface area contributed by atoms with Gasteiger partial charge in [-0.2, -0.15) is 0 Å². The molecule has 1 aliphatic carbocycles. The lowest BCUT2D eigenvalue weighted by Gasteiger charge is -2.29. The maximum Gasteiger partial charge on any atom is 0.326 e. The van der Waals surface area contributed by atoms with E-state index in [1.54, 1.807) is 11.9 Å². The van der Waals surface area contributed by atoms with Gasteiger partial charge < -0.3 is 15.0 Å². The largest absolute Gasteiger partial charge is 0.461 e. The molecule has 1 heterocycles. The third-order valence-electron chi connectivity index (χ3n) is 3.52. The van der Waals surface area contributed by atoms with Crippen molar-refractivity contribution in [3.63, 3.8) is 0 Å². The topological polar surface area (TPSA) is 58.6 Å². The zero-order valence-electron chi connectivity index (χ0n) is 9.57. The molecule has 1 N–H and O–H groups in total. The molecule has 16 heavy (non-hydrogen) atoms. The van der Waals surface area contributed by atoms with Crippen LogP contribution in [0.2, 0.25) is 0 Å². The lowest BCUT2D eigenvalue weighted by atomic mass is 10.1. The van der Waals surface area contributed by atoms with Crippen molar-refractivity contribution in [2.75, 3.05) is 20.1 Å². The molecule has 2 rings (SSSR count). The summed E-state index contributed by atoms with van der Waals surface area (Å²) in [6, 6.07) is 0. The van der Waals surface area contributed by atoms with Gasteiger partial charge in [0, 0.05) is 25.9 Å². The maximum absolute atomic E-state index is 11.8. The fourth-order valence-electron chi connectivity index (χ4n) is 2.04. The SMILES string of the molecule is CNC1(C(=O)OC2CCN(C=O)CC2)CC1. The van der Waals surface area contributed by atoms with Crippen molar-refractivity contribution in [3.05, 3.63) is 0 Å². The number of ether oxygens (including phenoxy) is 1. The summed E-state index contributed by atoms with van der Waals surface area (Å²) in [4.78, 5) is 24.0. The lowest BCUT2D eigenvalue weighted by Crippen LogP contribution is -2.43. The summed E-state index contributed by atoms with van der Waals surface area (Å²) in [5.74, 6) is -0.125. The quantitative estimate of drug-likeness (QED) is 0.537. The summed E-state index contributed by atoms with van der Waals surface area (Å²) >= 11 is 0. The number of hydrogen-bond acceptors (Lipinski definition) is 4. The highest BCUT2D eigenvalue weighted by Gasteiger charge is 2.50. The summed E-state index contributed by atoms with van der Waals surface area (Å²) in [5, 5.41) is 3.02. The Hall–Kier alpha value is -1.10. The van der Waals surface area contributed by atoms with Crippen LogP contribution >= 0.6 is 0 Å². The van der Waals surface area contributed by atoms with E-state index in [1.807, 2.05) is 0 Å². The van der Waals surface area contributed by atoms with Crippen molar-refractivity contribution >= 4 is 12.4 Å². The summed E-state index contributed by atoms with van der Waals surface area (Å²) in [6.07, 6.45) is 4.09. The first-order valence-electron chi connectivity index (χ1n) is 5.79. The van der Waals surface area contributed by atoms with Gasteiger partial charge >= 0.3 is 5.97 Å². The van der Waals surface area contributed by atoms with Gasteiger partial charge in [0.25, 0.3) is 0 Å². The third kappa shape index (κ3) is 2.19. The summed E-state index contributed by atoms with van der Waals surface area (Å²) in [6.45, 7) is 1.38. The molecule has 5 heteroatoms. The first-order chi connectivity index (χ1) is 7.70. The molecule has 0 radical (unpaired) electrons. The lowest BCUT2D eigenvalue weighted by molar-refractivity contribution is -0.155. The molecular weight excluding hydrogens is 208 g/mol. The summed E-state index contributed by atoms with van der Waals surface area (Å²) < 4.78 is 5.46. The summed E-state index contributed by atoms with van der Waals surface area (Å²) in [7, 11) is 1.79. The number of rotatable bonds is 4. The molecule has 2 fully saturated rings. The van der Waals surface area contributed by atoms with Crippen LogP contribution in [-0.2, 0) is 14.3 Å². The number of hydrogen-bond donors (Lipinski definition) is 1. The Balaban J connectivity index is 1.78. The normalized spacial score (nSPS) is 23.9. The Morgan fingerprint density at radius 1 is 1.44 bits per heavy atom. The van der Waals surface area contributed by atoms with E-state index in [2.05, 4.69) is 5.32 Å². The molecule has 0 atom stereocenters. The monoisotopic (exact) mass is 226 g/mol. The standard InChI is InChI=1S/C11H18N2O3/c1-12-11(4-5-11)10(15)16-9-2-6-13(8-14)7-3-9/h8-9,12H,2-7H2,1H3. The van der Waals surface area contributed by atoms with Crippen LogP contribution in [0.3, 0.4) is 0 Å².